The van der Waals surface area contributed by atoms with Gasteiger partial charge in [0.05, 0.1) is 5.56 Å². The van der Waals surface area contributed by atoms with Crippen LogP contribution in [0.1, 0.15) is 22.0 Å². The number of carbonyl (C=O) groups is 1. The van der Waals surface area contributed by atoms with Crippen molar-refractivity contribution in [1.82, 2.24) is 30.3 Å². The molecule has 1 fully saturated rings. The van der Waals surface area contributed by atoms with Gasteiger partial charge in [-0.1, -0.05) is 23.7 Å². The molecular formula is C16H15ClN6O. The van der Waals surface area contributed by atoms with Crippen LogP contribution in [0.15, 0.2) is 42.6 Å². The number of pyridine rings is 1. The zero-order valence-corrected chi connectivity index (χ0v) is 13.5. The number of rotatable bonds is 2. The Morgan fingerprint density at radius 1 is 1.21 bits per heavy atom. The van der Waals surface area contributed by atoms with Gasteiger partial charge in [-0.15, -0.1) is 5.10 Å². The molecule has 2 aromatic heterocycles. The highest BCUT2D eigenvalue weighted by atomic mass is 35.5. The van der Waals surface area contributed by atoms with E-state index in [2.05, 4.69) is 20.8 Å². The largest absolute Gasteiger partial charge is 0.335 e. The van der Waals surface area contributed by atoms with E-state index in [1.54, 1.807) is 18.3 Å². The first-order valence-electron chi connectivity index (χ1n) is 7.66. The average molecular weight is 343 g/mol. The van der Waals surface area contributed by atoms with Crippen molar-refractivity contribution in [2.45, 2.75) is 6.04 Å². The molecule has 1 amide bonds. The Bertz CT molecular complexity index is 878. The molecule has 24 heavy (non-hydrogen) atoms. The number of aromatic nitrogens is 4. The first-order chi connectivity index (χ1) is 11.7. The number of carbonyl (C=O) groups excluding carboxylic acids is 1. The van der Waals surface area contributed by atoms with E-state index in [-0.39, 0.29) is 11.9 Å². The van der Waals surface area contributed by atoms with Crippen LogP contribution in [-0.2, 0) is 0 Å². The third-order valence-electron chi connectivity index (χ3n) is 4.17. The fraction of sp³-hybridized carbons (Fsp3) is 0.250. The van der Waals surface area contributed by atoms with Gasteiger partial charge in [0.2, 0.25) is 0 Å². The molecule has 7 nitrogen and oxygen atoms in total. The molecule has 0 radical (unpaired) electrons. The van der Waals surface area contributed by atoms with Gasteiger partial charge < -0.3 is 10.2 Å². The summed E-state index contributed by atoms with van der Waals surface area (Å²) in [7, 11) is 0. The van der Waals surface area contributed by atoms with E-state index >= 15 is 0 Å². The molecule has 0 spiro atoms. The number of hydrogen-bond acceptors (Lipinski definition) is 5. The molecule has 1 aliphatic heterocycles. The SMILES string of the molecule is O=C(c1ccc2nnnn2c1)N1CCNC(c2ccc(Cl)cc2)C1. The summed E-state index contributed by atoms with van der Waals surface area (Å²) in [4.78, 5) is 14.6. The van der Waals surface area contributed by atoms with Crippen LogP contribution in [0.3, 0.4) is 0 Å². The smallest absolute Gasteiger partial charge is 0.255 e. The topological polar surface area (TPSA) is 75.4 Å². The Hall–Kier alpha value is -2.51. The zero-order valence-electron chi connectivity index (χ0n) is 12.8. The Labute approximate surface area is 143 Å². The molecule has 3 heterocycles. The molecule has 8 heteroatoms. The molecule has 1 saturated heterocycles. The number of benzene rings is 1. The number of piperazine rings is 1. The second-order valence-electron chi connectivity index (χ2n) is 5.71. The Kier molecular flexibility index (Phi) is 3.87. The predicted octanol–water partition coefficient (Wildman–Crippen LogP) is 1.56. The van der Waals surface area contributed by atoms with E-state index in [0.717, 1.165) is 12.1 Å². The van der Waals surface area contributed by atoms with Gasteiger partial charge in [0, 0.05) is 36.9 Å². The Morgan fingerprint density at radius 3 is 2.88 bits per heavy atom. The van der Waals surface area contributed by atoms with Gasteiger partial charge in [-0.2, -0.15) is 4.52 Å². The summed E-state index contributed by atoms with van der Waals surface area (Å²) >= 11 is 5.94. The second-order valence-corrected chi connectivity index (χ2v) is 6.15. The molecule has 4 rings (SSSR count). The van der Waals surface area contributed by atoms with Crippen LogP contribution < -0.4 is 5.32 Å². The van der Waals surface area contributed by atoms with E-state index < -0.39 is 0 Å². The highest BCUT2D eigenvalue weighted by molar-refractivity contribution is 6.30. The van der Waals surface area contributed by atoms with Crippen LogP contribution in [0.5, 0.6) is 0 Å². The van der Waals surface area contributed by atoms with Crippen LogP contribution in [-0.4, -0.2) is 50.5 Å². The van der Waals surface area contributed by atoms with Crippen molar-refractivity contribution in [3.8, 4) is 0 Å². The third-order valence-corrected chi connectivity index (χ3v) is 4.43. The molecular weight excluding hydrogens is 328 g/mol. The van der Waals surface area contributed by atoms with Gasteiger partial charge in [-0.25, -0.2) is 0 Å². The van der Waals surface area contributed by atoms with Gasteiger partial charge in [0.1, 0.15) is 0 Å². The molecule has 0 saturated carbocycles. The number of fused-ring (bicyclic) bond motifs is 1. The Morgan fingerprint density at radius 2 is 2.04 bits per heavy atom. The minimum Gasteiger partial charge on any atom is -0.335 e. The number of hydrogen-bond donors (Lipinski definition) is 1. The zero-order chi connectivity index (χ0) is 16.5. The lowest BCUT2D eigenvalue weighted by Gasteiger charge is -2.34. The molecule has 1 N–H and O–H groups in total. The van der Waals surface area contributed by atoms with Crippen molar-refractivity contribution < 1.29 is 4.79 Å². The van der Waals surface area contributed by atoms with Crippen LogP contribution in [0.4, 0.5) is 0 Å². The number of nitrogens with zero attached hydrogens (tertiary/aromatic N) is 5. The maximum Gasteiger partial charge on any atom is 0.255 e. The molecule has 0 bridgehead atoms. The number of tetrazole rings is 1. The lowest BCUT2D eigenvalue weighted by Crippen LogP contribution is -2.48. The highest BCUT2D eigenvalue weighted by Gasteiger charge is 2.25. The lowest BCUT2D eigenvalue weighted by molar-refractivity contribution is 0.0702. The summed E-state index contributed by atoms with van der Waals surface area (Å²) in [6, 6.07) is 11.3. The normalized spacial score (nSPS) is 18.0. The highest BCUT2D eigenvalue weighted by Crippen LogP contribution is 2.20. The summed E-state index contributed by atoms with van der Waals surface area (Å²) < 4.78 is 1.51. The van der Waals surface area contributed by atoms with E-state index in [1.807, 2.05) is 29.2 Å². The lowest BCUT2D eigenvalue weighted by atomic mass is 10.0. The maximum atomic E-state index is 12.8. The van der Waals surface area contributed by atoms with Crippen molar-refractivity contribution >= 4 is 23.2 Å². The van der Waals surface area contributed by atoms with Crippen LogP contribution in [0.25, 0.3) is 5.65 Å². The summed E-state index contributed by atoms with van der Waals surface area (Å²) in [6.45, 7) is 2.01. The fourth-order valence-corrected chi connectivity index (χ4v) is 3.03. The Balaban J connectivity index is 1.54. The van der Waals surface area contributed by atoms with Gasteiger partial charge in [-0.05, 0) is 40.3 Å². The maximum absolute atomic E-state index is 12.8. The number of amides is 1. The van der Waals surface area contributed by atoms with Gasteiger partial charge in [0.15, 0.2) is 5.65 Å². The molecule has 122 valence electrons. The van der Waals surface area contributed by atoms with E-state index in [4.69, 9.17) is 11.6 Å². The molecule has 0 aliphatic carbocycles. The van der Waals surface area contributed by atoms with Crippen LogP contribution >= 0.6 is 11.6 Å². The first kappa shape index (κ1) is 15.0. The summed E-state index contributed by atoms with van der Waals surface area (Å²) in [5, 5.41) is 15.4. The molecule has 1 aliphatic rings. The second kappa shape index (κ2) is 6.18. The summed E-state index contributed by atoms with van der Waals surface area (Å²) in [5.41, 5.74) is 2.31. The van der Waals surface area contributed by atoms with E-state index in [0.29, 0.717) is 29.3 Å². The van der Waals surface area contributed by atoms with Crippen LogP contribution in [0, 0.1) is 0 Å². The monoisotopic (exact) mass is 342 g/mol. The third kappa shape index (κ3) is 2.83. The predicted molar refractivity (Wildman–Crippen MR) is 88.9 cm³/mol. The van der Waals surface area contributed by atoms with Gasteiger partial charge in [0.25, 0.3) is 5.91 Å². The van der Waals surface area contributed by atoms with Crippen molar-refractivity contribution in [2.75, 3.05) is 19.6 Å². The molecule has 1 atom stereocenters. The molecule has 1 unspecified atom stereocenters. The quantitative estimate of drug-likeness (QED) is 0.765. The average Bonchev–Trinajstić information content (AvgIpc) is 3.09. The van der Waals surface area contributed by atoms with E-state index in [9.17, 15) is 4.79 Å². The van der Waals surface area contributed by atoms with Crippen molar-refractivity contribution in [1.29, 1.82) is 0 Å². The number of halogens is 1. The van der Waals surface area contributed by atoms with Crippen molar-refractivity contribution in [2.24, 2.45) is 0 Å². The molecule has 1 aromatic carbocycles. The molecule has 3 aromatic rings. The summed E-state index contributed by atoms with van der Waals surface area (Å²) in [6.07, 6.45) is 1.66. The van der Waals surface area contributed by atoms with Crippen molar-refractivity contribution in [3.63, 3.8) is 0 Å². The fourth-order valence-electron chi connectivity index (χ4n) is 2.90. The summed E-state index contributed by atoms with van der Waals surface area (Å²) in [5.74, 6) is -0.0205. The standard InChI is InChI=1S/C16H15ClN6O/c17-13-4-1-11(2-5-13)14-10-22(8-7-18-14)16(24)12-3-6-15-19-20-21-23(15)9-12/h1-6,9,14,18H,7-8,10H2. The van der Waals surface area contributed by atoms with Crippen LogP contribution in [0.2, 0.25) is 5.02 Å². The van der Waals surface area contributed by atoms with Gasteiger partial charge >= 0.3 is 0 Å². The minimum absolute atomic E-state index is 0.0205. The first-order valence-corrected chi connectivity index (χ1v) is 8.04. The minimum atomic E-state index is -0.0205. The van der Waals surface area contributed by atoms with Crippen molar-refractivity contribution in [3.05, 3.63) is 58.7 Å². The van der Waals surface area contributed by atoms with Gasteiger partial charge in [-0.3, -0.25) is 4.79 Å². The van der Waals surface area contributed by atoms with E-state index in [1.165, 1.54) is 4.52 Å². The number of nitrogens with one attached hydrogen (secondary N) is 1.